The molecular formula is C31H25N3O4. The molecule has 5 rings (SSSR count). The molecule has 2 amide bonds. The molecule has 1 heterocycles. The Morgan fingerprint density at radius 3 is 1.79 bits per heavy atom. The number of oxazole rings is 1. The van der Waals surface area contributed by atoms with E-state index in [1.165, 1.54) is 13.5 Å². The van der Waals surface area contributed by atoms with Crippen LogP contribution < -0.4 is 15.4 Å². The summed E-state index contributed by atoms with van der Waals surface area (Å²) in [5.41, 5.74) is 2.41. The quantitative estimate of drug-likeness (QED) is 0.229. The Morgan fingerprint density at radius 1 is 0.763 bits per heavy atom. The monoisotopic (exact) mass is 503 g/mol. The lowest BCUT2D eigenvalue weighted by Crippen LogP contribution is -2.51. The van der Waals surface area contributed by atoms with E-state index in [2.05, 4.69) is 15.6 Å². The maximum absolute atomic E-state index is 13.5. The van der Waals surface area contributed by atoms with Crippen LogP contribution in [0.2, 0.25) is 0 Å². The molecule has 188 valence electrons. The van der Waals surface area contributed by atoms with Crippen molar-refractivity contribution in [1.29, 1.82) is 0 Å². The van der Waals surface area contributed by atoms with Gasteiger partial charge in [-0.1, -0.05) is 91.0 Å². The predicted molar refractivity (Wildman–Crippen MR) is 144 cm³/mol. The van der Waals surface area contributed by atoms with Crippen LogP contribution in [-0.4, -0.2) is 23.9 Å². The maximum Gasteiger partial charge on any atom is 0.313 e. The number of ether oxygens (including phenoxy) is 1. The minimum Gasteiger partial charge on any atom is -0.496 e. The second-order valence-corrected chi connectivity index (χ2v) is 8.54. The summed E-state index contributed by atoms with van der Waals surface area (Å²) >= 11 is 0. The van der Waals surface area contributed by atoms with Crippen LogP contribution in [0.15, 0.2) is 126 Å². The van der Waals surface area contributed by atoms with Gasteiger partial charge in [-0.05, 0) is 28.8 Å². The van der Waals surface area contributed by atoms with Crippen molar-refractivity contribution in [3.63, 3.8) is 0 Å². The third kappa shape index (κ3) is 4.77. The molecule has 0 aliphatic carbocycles. The van der Waals surface area contributed by atoms with Crippen LogP contribution in [0.25, 0.3) is 11.3 Å². The third-order valence-electron chi connectivity index (χ3n) is 6.28. The highest BCUT2D eigenvalue weighted by atomic mass is 16.5. The van der Waals surface area contributed by atoms with Crippen molar-refractivity contribution in [2.45, 2.75) is 5.54 Å². The number of hydrogen-bond acceptors (Lipinski definition) is 5. The number of methoxy groups -OCH3 is 1. The summed E-state index contributed by atoms with van der Waals surface area (Å²) in [5, 5.41) is 5.74. The van der Waals surface area contributed by atoms with Crippen molar-refractivity contribution in [2.24, 2.45) is 0 Å². The number of nitrogens with zero attached hydrogens (tertiary/aromatic N) is 1. The molecule has 0 aliphatic rings. The van der Waals surface area contributed by atoms with Gasteiger partial charge >= 0.3 is 11.8 Å². The van der Waals surface area contributed by atoms with Gasteiger partial charge in [0, 0.05) is 11.8 Å². The van der Waals surface area contributed by atoms with Crippen molar-refractivity contribution >= 4 is 17.5 Å². The van der Waals surface area contributed by atoms with Crippen molar-refractivity contribution in [3.8, 4) is 17.1 Å². The van der Waals surface area contributed by atoms with Gasteiger partial charge in [0.05, 0.1) is 18.9 Å². The fraction of sp³-hybridized carbons (Fsp3) is 0.0645. The Hall–Kier alpha value is -5.17. The molecule has 2 N–H and O–H groups in total. The van der Waals surface area contributed by atoms with E-state index in [-0.39, 0.29) is 0 Å². The Kier molecular flexibility index (Phi) is 6.99. The van der Waals surface area contributed by atoms with Crippen LogP contribution in [0, 0.1) is 0 Å². The van der Waals surface area contributed by atoms with E-state index in [0.29, 0.717) is 22.8 Å². The summed E-state index contributed by atoms with van der Waals surface area (Å²) in [6.45, 7) is 0. The summed E-state index contributed by atoms with van der Waals surface area (Å²) < 4.78 is 10.8. The summed E-state index contributed by atoms with van der Waals surface area (Å²) in [7, 11) is 1.52. The summed E-state index contributed by atoms with van der Waals surface area (Å²) in [5.74, 6) is -0.616. The lowest BCUT2D eigenvalue weighted by molar-refractivity contribution is -0.137. The molecule has 0 saturated heterocycles. The summed E-state index contributed by atoms with van der Waals surface area (Å²) in [6.07, 6.45) is 2.90. The first kappa shape index (κ1) is 24.5. The zero-order valence-corrected chi connectivity index (χ0v) is 20.6. The van der Waals surface area contributed by atoms with Crippen LogP contribution in [0.1, 0.15) is 16.7 Å². The Morgan fingerprint density at radius 2 is 1.32 bits per heavy atom. The van der Waals surface area contributed by atoms with Crippen molar-refractivity contribution < 1.29 is 18.7 Å². The van der Waals surface area contributed by atoms with Gasteiger partial charge in [0.25, 0.3) is 0 Å². The highest BCUT2D eigenvalue weighted by Crippen LogP contribution is 2.37. The van der Waals surface area contributed by atoms with Gasteiger partial charge in [-0.3, -0.25) is 9.59 Å². The lowest BCUT2D eigenvalue weighted by atomic mass is 9.77. The van der Waals surface area contributed by atoms with E-state index in [1.54, 1.807) is 24.4 Å². The highest BCUT2D eigenvalue weighted by molar-refractivity contribution is 6.40. The van der Waals surface area contributed by atoms with E-state index >= 15 is 0 Å². The van der Waals surface area contributed by atoms with Crippen molar-refractivity contribution in [2.75, 3.05) is 12.4 Å². The second-order valence-electron chi connectivity index (χ2n) is 8.54. The maximum atomic E-state index is 13.5. The minimum atomic E-state index is -1.11. The predicted octanol–water partition coefficient (Wildman–Crippen LogP) is 5.40. The lowest BCUT2D eigenvalue weighted by Gasteiger charge is -2.36. The van der Waals surface area contributed by atoms with Gasteiger partial charge in [-0.2, -0.15) is 0 Å². The Labute approximate surface area is 220 Å². The zero-order chi connectivity index (χ0) is 26.4. The number of aromatic nitrogens is 1. The van der Waals surface area contributed by atoms with Crippen LogP contribution in [-0.2, 0) is 15.1 Å². The minimum absolute atomic E-state index is 0.398. The summed E-state index contributed by atoms with van der Waals surface area (Å²) in [6, 6.07) is 33.8. The molecule has 7 heteroatoms. The normalized spacial score (nSPS) is 11.0. The molecule has 0 spiro atoms. The van der Waals surface area contributed by atoms with Gasteiger partial charge in [0.1, 0.15) is 11.3 Å². The smallest absolute Gasteiger partial charge is 0.313 e. The first-order valence-corrected chi connectivity index (χ1v) is 12.0. The van der Waals surface area contributed by atoms with E-state index < -0.39 is 17.4 Å². The molecular weight excluding hydrogens is 478 g/mol. The van der Waals surface area contributed by atoms with E-state index in [0.717, 1.165) is 16.7 Å². The fourth-order valence-electron chi connectivity index (χ4n) is 4.52. The van der Waals surface area contributed by atoms with Gasteiger partial charge in [0.15, 0.2) is 12.2 Å². The van der Waals surface area contributed by atoms with E-state index in [9.17, 15) is 9.59 Å². The van der Waals surface area contributed by atoms with Gasteiger partial charge in [0.2, 0.25) is 0 Å². The Bertz CT molecular complexity index is 1420. The van der Waals surface area contributed by atoms with Crippen LogP contribution in [0.4, 0.5) is 5.69 Å². The number of carbonyl (C=O) groups excluding carboxylic acids is 2. The van der Waals surface area contributed by atoms with E-state index in [4.69, 9.17) is 9.15 Å². The van der Waals surface area contributed by atoms with Gasteiger partial charge in [-0.25, -0.2) is 4.98 Å². The standard InChI is InChI=1S/C31H25N3O4/c1-37-27-19-25(17-18-26(27)28-20-32-21-38-28)33-29(35)30(36)34-31(22-11-5-2-6-12-22,23-13-7-3-8-14-23)24-15-9-4-10-16-24/h2-21H,1H3,(H,33,35)(H,34,36). The molecule has 0 atom stereocenters. The van der Waals surface area contributed by atoms with Gasteiger partial charge in [-0.15, -0.1) is 0 Å². The van der Waals surface area contributed by atoms with Crippen LogP contribution in [0.5, 0.6) is 5.75 Å². The van der Waals surface area contributed by atoms with Gasteiger partial charge < -0.3 is 19.8 Å². The second kappa shape index (κ2) is 10.8. The number of hydrogen-bond donors (Lipinski definition) is 2. The molecule has 0 bridgehead atoms. The molecule has 5 aromatic rings. The first-order valence-electron chi connectivity index (χ1n) is 12.0. The average molecular weight is 504 g/mol. The van der Waals surface area contributed by atoms with Crippen LogP contribution in [0.3, 0.4) is 0 Å². The molecule has 4 aromatic carbocycles. The molecule has 0 saturated carbocycles. The number of rotatable bonds is 7. The number of anilines is 1. The topological polar surface area (TPSA) is 93.5 Å². The third-order valence-corrected chi connectivity index (χ3v) is 6.28. The summed E-state index contributed by atoms with van der Waals surface area (Å²) in [4.78, 5) is 30.7. The fourth-order valence-corrected chi connectivity index (χ4v) is 4.52. The average Bonchev–Trinajstić information content (AvgIpc) is 3.52. The first-order chi connectivity index (χ1) is 18.6. The van der Waals surface area contributed by atoms with Crippen molar-refractivity contribution in [1.82, 2.24) is 10.3 Å². The SMILES string of the molecule is COc1cc(NC(=O)C(=O)NC(c2ccccc2)(c2ccccc2)c2ccccc2)ccc1-c1cnco1. The van der Waals surface area contributed by atoms with E-state index in [1.807, 2.05) is 91.0 Å². The number of benzene rings is 4. The number of carbonyl (C=O) groups is 2. The molecule has 38 heavy (non-hydrogen) atoms. The molecule has 0 radical (unpaired) electrons. The molecule has 1 aromatic heterocycles. The largest absolute Gasteiger partial charge is 0.496 e. The molecule has 7 nitrogen and oxygen atoms in total. The highest BCUT2D eigenvalue weighted by Gasteiger charge is 2.39. The van der Waals surface area contributed by atoms with Crippen LogP contribution >= 0.6 is 0 Å². The zero-order valence-electron chi connectivity index (χ0n) is 20.6. The van der Waals surface area contributed by atoms with Crippen molar-refractivity contribution in [3.05, 3.63) is 138 Å². The molecule has 0 aliphatic heterocycles. The Balaban J connectivity index is 1.49. The number of amides is 2. The number of nitrogens with one attached hydrogen (secondary N) is 2. The molecule has 0 unspecified atom stereocenters. The molecule has 0 fully saturated rings.